The van der Waals surface area contributed by atoms with Crippen LogP contribution < -0.4 is 4.40 Å². The number of pyridine rings is 1. The van der Waals surface area contributed by atoms with E-state index in [4.69, 9.17) is 0 Å². The van der Waals surface area contributed by atoms with E-state index in [0.29, 0.717) is 0 Å². The van der Waals surface area contributed by atoms with E-state index >= 15 is 0 Å². The molecule has 0 unspecified atom stereocenters. The molecule has 0 saturated carbocycles. The molecule has 1 aromatic heterocycles. The van der Waals surface area contributed by atoms with Crippen LogP contribution in [0.5, 0.6) is 0 Å². The van der Waals surface area contributed by atoms with Crippen molar-refractivity contribution in [1.82, 2.24) is 4.98 Å². The van der Waals surface area contributed by atoms with Crippen LogP contribution in [0.2, 0.25) is 17.3 Å². The summed E-state index contributed by atoms with van der Waals surface area (Å²) >= 11 is -1.85. The minimum atomic E-state index is -1.85. The Morgan fingerprint density at radius 1 is 0.760 bits per heavy atom. The zero-order valence-electron chi connectivity index (χ0n) is 15.9. The number of aromatic nitrogens is 1. The Labute approximate surface area is 154 Å². The molecule has 1 nitrogen and oxygen atoms in total. The van der Waals surface area contributed by atoms with E-state index in [1.165, 1.54) is 21.1 Å². The first-order chi connectivity index (χ1) is 11.8. The van der Waals surface area contributed by atoms with Crippen LogP contribution in [0, 0.1) is 0 Å². The summed E-state index contributed by atoms with van der Waals surface area (Å²) in [6.07, 6.45) is 1.97. The van der Waals surface area contributed by atoms with E-state index in [-0.39, 0.29) is 5.41 Å². The van der Waals surface area contributed by atoms with Crippen molar-refractivity contribution in [2.75, 3.05) is 0 Å². The van der Waals surface area contributed by atoms with E-state index in [1.54, 1.807) is 0 Å². The molecular formula is C23H27GeN. The van der Waals surface area contributed by atoms with Gasteiger partial charge in [-0.3, -0.25) is 0 Å². The summed E-state index contributed by atoms with van der Waals surface area (Å²) in [4.78, 5) is 4.65. The van der Waals surface area contributed by atoms with Gasteiger partial charge in [-0.15, -0.1) is 0 Å². The molecule has 0 saturated heterocycles. The minimum absolute atomic E-state index is 0.0310. The molecular weight excluding hydrogens is 363 g/mol. The fraction of sp³-hybridized carbons (Fsp3) is 0.261. The van der Waals surface area contributed by atoms with Gasteiger partial charge in [-0.25, -0.2) is 0 Å². The SMILES string of the molecule is CC(C)(c1ccccc1)c1cccc(-c2c[c]([Ge]([CH3])([CH3])[CH3])ccn2)c1. The molecule has 1 heterocycles. The second-order valence-electron chi connectivity index (χ2n) is 8.25. The van der Waals surface area contributed by atoms with Gasteiger partial charge in [-0.05, 0) is 0 Å². The summed E-state index contributed by atoms with van der Waals surface area (Å²) in [6, 6.07) is 24.1. The van der Waals surface area contributed by atoms with E-state index < -0.39 is 13.3 Å². The molecule has 128 valence electrons. The zero-order valence-corrected chi connectivity index (χ0v) is 18.0. The Kier molecular flexibility index (Phi) is 4.88. The Bertz CT molecular complexity index is 861. The quantitative estimate of drug-likeness (QED) is 0.527. The van der Waals surface area contributed by atoms with Gasteiger partial charge in [0.15, 0.2) is 0 Å². The molecule has 0 amide bonds. The molecule has 3 aromatic rings. The van der Waals surface area contributed by atoms with Crippen LogP contribution in [0.4, 0.5) is 0 Å². The molecule has 0 radical (unpaired) electrons. The molecule has 3 rings (SSSR count). The van der Waals surface area contributed by atoms with Crippen molar-refractivity contribution in [2.45, 2.75) is 36.5 Å². The number of benzene rings is 2. The number of hydrogen-bond donors (Lipinski definition) is 0. The van der Waals surface area contributed by atoms with Crippen LogP contribution in [-0.4, -0.2) is 18.3 Å². The third kappa shape index (κ3) is 3.87. The molecule has 0 aliphatic carbocycles. The zero-order chi connectivity index (χ0) is 18.1. The summed E-state index contributed by atoms with van der Waals surface area (Å²) in [6.45, 7) is 4.57. The number of rotatable bonds is 4. The average Bonchev–Trinajstić information content (AvgIpc) is 2.62. The van der Waals surface area contributed by atoms with E-state index in [2.05, 4.69) is 103 Å². The molecule has 25 heavy (non-hydrogen) atoms. The topological polar surface area (TPSA) is 12.9 Å². The predicted molar refractivity (Wildman–Crippen MR) is 111 cm³/mol. The molecule has 0 atom stereocenters. The monoisotopic (exact) mass is 391 g/mol. The van der Waals surface area contributed by atoms with Crippen LogP contribution in [0.1, 0.15) is 25.0 Å². The average molecular weight is 390 g/mol. The first-order valence-corrected chi connectivity index (χ1v) is 16.3. The first-order valence-electron chi connectivity index (χ1n) is 8.91. The van der Waals surface area contributed by atoms with Crippen molar-refractivity contribution in [3.63, 3.8) is 0 Å². The summed E-state index contributed by atoms with van der Waals surface area (Å²) < 4.78 is 1.50. The first kappa shape index (κ1) is 17.9. The van der Waals surface area contributed by atoms with Crippen molar-refractivity contribution >= 4 is 17.7 Å². The van der Waals surface area contributed by atoms with Gasteiger partial charge in [0.1, 0.15) is 0 Å². The van der Waals surface area contributed by atoms with Gasteiger partial charge < -0.3 is 0 Å². The van der Waals surface area contributed by atoms with Gasteiger partial charge in [0.25, 0.3) is 0 Å². The predicted octanol–water partition coefficient (Wildman–Crippen LogP) is 5.62. The van der Waals surface area contributed by atoms with E-state index in [1.807, 2.05) is 6.20 Å². The molecule has 2 heteroatoms. The normalized spacial score (nSPS) is 12.2. The van der Waals surface area contributed by atoms with Crippen molar-refractivity contribution < 1.29 is 0 Å². The summed E-state index contributed by atoms with van der Waals surface area (Å²) in [5.41, 5.74) is 4.91. The van der Waals surface area contributed by atoms with Crippen molar-refractivity contribution in [2.24, 2.45) is 0 Å². The van der Waals surface area contributed by atoms with Crippen molar-refractivity contribution in [3.05, 3.63) is 84.1 Å². The second-order valence-corrected chi connectivity index (χ2v) is 18.9. The number of hydrogen-bond acceptors (Lipinski definition) is 1. The molecule has 0 fully saturated rings. The molecule has 0 spiro atoms. The van der Waals surface area contributed by atoms with Gasteiger partial charge in [0, 0.05) is 0 Å². The third-order valence-corrected chi connectivity index (χ3v) is 9.29. The Hall–Kier alpha value is -1.87. The van der Waals surface area contributed by atoms with E-state index in [0.717, 1.165) is 5.69 Å². The fourth-order valence-corrected chi connectivity index (χ4v) is 5.54. The van der Waals surface area contributed by atoms with Gasteiger partial charge >= 0.3 is 154 Å². The van der Waals surface area contributed by atoms with Crippen LogP contribution in [0.15, 0.2) is 72.9 Å². The van der Waals surface area contributed by atoms with Crippen LogP contribution in [0.3, 0.4) is 0 Å². The van der Waals surface area contributed by atoms with Gasteiger partial charge in [0.2, 0.25) is 0 Å². The summed E-state index contributed by atoms with van der Waals surface area (Å²) in [7, 11) is 0. The standard InChI is InChI=1S/C23H27GeN/c1-23(2,19-11-7-6-8-12-19)20-13-9-10-18(16-20)22-17-21(14-15-25-22)24(3,4)5/h6-17H,1-5H3. The van der Waals surface area contributed by atoms with Gasteiger partial charge in [0.05, 0.1) is 0 Å². The van der Waals surface area contributed by atoms with Crippen LogP contribution in [-0.2, 0) is 5.41 Å². The Morgan fingerprint density at radius 2 is 1.44 bits per heavy atom. The summed E-state index contributed by atoms with van der Waals surface area (Å²) in [5, 5.41) is 0. The molecule has 0 N–H and O–H groups in total. The molecule has 2 aromatic carbocycles. The number of nitrogens with zero attached hydrogens (tertiary/aromatic N) is 1. The van der Waals surface area contributed by atoms with E-state index in [9.17, 15) is 0 Å². The maximum atomic E-state index is 4.65. The Balaban J connectivity index is 2.03. The summed E-state index contributed by atoms with van der Waals surface area (Å²) in [5.74, 6) is 7.27. The molecule has 0 bridgehead atoms. The van der Waals surface area contributed by atoms with Crippen LogP contribution >= 0.6 is 0 Å². The molecule has 0 aliphatic rings. The molecule has 0 aliphatic heterocycles. The second kappa shape index (κ2) is 6.80. The van der Waals surface area contributed by atoms with Crippen molar-refractivity contribution in [1.29, 1.82) is 0 Å². The third-order valence-electron chi connectivity index (χ3n) is 5.00. The Morgan fingerprint density at radius 3 is 2.12 bits per heavy atom. The van der Waals surface area contributed by atoms with Crippen molar-refractivity contribution in [3.8, 4) is 11.3 Å². The maximum absolute atomic E-state index is 4.65. The fourth-order valence-electron chi connectivity index (χ4n) is 3.14. The van der Waals surface area contributed by atoms with Gasteiger partial charge in [-0.1, -0.05) is 0 Å². The van der Waals surface area contributed by atoms with Gasteiger partial charge in [-0.2, -0.15) is 0 Å². The van der Waals surface area contributed by atoms with Crippen LogP contribution in [0.25, 0.3) is 11.3 Å².